The van der Waals surface area contributed by atoms with Gasteiger partial charge in [0.15, 0.2) is 0 Å². The minimum atomic E-state index is -3.88. The molecule has 0 aliphatic rings. The number of hydrogen-bond acceptors (Lipinski definition) is 4. The van der Waals surface area contributed by atoms with Crippen LogP contribution >= 0.6 is 11.6 Å². The molecule has 0 saturated carbocycles. The summed E-state index contributed by atoms with van der Waals surface area (Å²) in [6, 6.07) is 4.44. The largest absolute Gasteiger partial charge is 0.481 e. The van der Waals surface area contributed by atoms with Crippen molar-refractivity contribution < 1.29 is 23.1 Å². The number of sulfonamides is 1. The number of hydrogen-bond donors (Lipinski definition) is 3. The summed E-state index contributed by atoms with van der Waals surface area (Å²) >= 11 is 5.70. The number of halogens is 1. The van der Waals surface area contributed by atoms with Crippen molar-refractivity contribution in [2.45, 2.75) is 31.7 Å². The third-order valence-corrected chi connectivity index (χ3v) is 4.94. The molecule has 3 N–H and O–H groups in total. The van der Waals surface area contributed by atoms with Gasteiger partial charge in [-0.15, -0.1) is 0 Å². The zero-order chi connectivity index (χ0) is 17.8. The molecule has 1 aromatic carbocycles. The van der Waals surface area contributed by atoms with Crippen LogP contribution in [0.2, 0.25) is 5.02 Å². The van der Waals surface area contributed by atoms with Crippen molar-refractivity contribution in [2.75, 3.05) is 6.54 Å². The molecule has 0 heterocycles. The second-order valence-electron chi connectivity index (χ2n) is 5.70. The highest BCUT2D eigenvalue weighted by molar-refractivity contribution is 7.89. The van der Waals surface area contributed by atoms with E-state index in [1.54, 1.807) is 0 Å². The molecule has 0 saturated heterocycles. The zero-order valence-corrected chi connectivity index (χ0v) is 14.5. The first-order valence-corrected chi connectivity index (χ1v) is 8.61. The summed E-state index contributed by atoms with van der Waals surface area (Å²) in [4.78, 5) is 22.9. The summed E-state index contributed by atoms with van der Waals surface area (Å²) in [6.07, 6.45) is 0. The molecular formula is C14H19ClN2O5S. The molecule has 1 unspecified atom stereocenters. The first-order valence-electron chi connectivity index (χ1n) is 6.75. The molecule has 0 bridgehead atoms. The fraction of sp³-hybridized carbons (Fsp3) is 0.429. The van der Waals surface area contributed by atoms with Crippen molar-refractivity contribution in [1.29, 1.82) is 0 Å². The molecule has 9 heteroatoms. The predicted octanol–water partition coefficient (Wildman–Crippen LogP) is 1.23. The third-order valence-electron chi connectivity index (χ3n) is 3.13. The molecule has 128 valence electrons. The number of nitrogens with one attached hydrogen (secondary N) is 2. The van der Waals surface area contributed by atoms with Gasteiger partial charge in [0, 0.05) is 11.6 Å². The molecular weight excluding hydrogens is 344 g/mol. The standard InChI is InChI=1S/C14H19ClN2O5S/c1-9(12(18)16-8-14(2,3)13(19)20)17-23(21,22)11-6-4-10(15)5-7-11/h4-7,9,17H,8H2,1-3H3,(H,16,18)(H,19,20). The lowest BCUT2D eigenvalue weighted by Gasteiger charge is -2.21. The maximum atomic E-state index is 12.1. The number of benzene rings is 1. The highest BCUT2D eigenvalue weighted by Gasteiger charge is 2.29. The van der Waals surface area contributed by atoms with E-state index in [1.807, 2.05) is 0 Å². The molecule has 0 aliphatic heterocycles. The smallest absolute Gasteiger partial charge is 0.310 e. The van der Waals surface area contributed by atoms with E-state index in [-0.39, 0.29) is 11.4 Å². The Morgan fingerprint density at radius 1 is 1.26 bits per heavy atom. The topological polar surface area (TPSA) is 113 Å². The Hall–Kier alpha value is -1.64. The summed E-state index contributed by atoms with van der Waals surface area (Å²) in [6.45, 7) is 4.17. The average Bonchev–Trinajstić information content (AvgIpc) is 2.44. The van der Waals surface area contributed by atoms with Crippen molar-refractivity contribution in [3.63, 3.8) is 0 Å². The Morgan fingerprint density at radius 3 is 2.26 bits per heavy atom. The minimum Gasteiger partial charge on any atom is -0.481 e. The number of carboxylic acid groups (broad SMARTS) is 1. The van der Waals surface area contributed by atoms with Gasteiger partial charge < -0.3 is 10.4 Å². The molecule has 1 atom stereocenters. The first-order chi connectivity index (χ1) is 10.5. The number of rotatable bonds is 7. The van der Waals surface area contributed by atoms with Crippen LogP contribution in [0.15, 0.2) is 29.2 Å². The van der Waals surface area contributed by atoms with E-state index in [4.69, 9.17) is 16.7 Å². The van der Waals surface area contributed by atoms with Gasteiger partial charge in [0.1, 0.15) is 0 Å². The molecule has 0 aromatic heterocycles. The molecule has 0 radical (unpaired) electrons. The van der Waals surface area contributed by atoms with Gasteiger partial charge in [-0.25, -0.2) is 8.42 Å². The third kappa shape index (κ3) is 5.49. The highest BCUT2D eigenvalue weighted by atomic mass is 35.5. The summed E-state index contributed by atoms with van der Waals surface area (Å²) in [5, 5.41) is 11.8. The van der Waals surface area contributed by atoms with Crippen LogP contribution in [0.1, 0.15) is 20.8 Å². The lowest BCUT2D eigenvalue weighted by molar-refractivity contribution is -0.146. The maximum absolute atomic E-state index is 12.1. The summed E-state index contributed by atoms with van der Waals surface area (Å²) < 4.78 is 26.5. The number of aliphatic carboxylic acids is 1. The quantitative estimate of drug-likeness (QED) is 0.675. The number of amides is 1. The van der Waals surface area contributed by atoms with Crippen LogP contribution in [0.5, 0.6) is 0 Å². The second-order valence-corrected chi connectivity index (χ2v) is 7.85. The molecule has 0 aliphatic carbocycles. The van der Waals surface area contributed by atoms with Gasteiger partial charge in [-0.3, -0.25) is 9.59 Å². The van der Waals surface area contributed by atoms with E-state index in [9.17, 15) is 18.0 Å². The lowest BCUT2D eigenvalue weighted by atomic mass is 9.94. The van der Waals surface area contributed by atoms with E-state index in [2.05, 4.69) is 10.0 Å². The molecule has 0 fully saturated rings. The molecule has 23 heavy (non-hydrogen) atoms. The summed E-state index contributed by atoms with van der Waals surface area (Å²) in [7, 11) is -3.88. The van der Waals surface area contributed by atoms with Crippen molar-refractivity contribution in [1.82, 2.24) is 10.0 Å². The molecule has 1 aromatic rings. The summed E-state index contributed by atoms with van der Waals surface area (Å²) in [5.74, 6) is -1.68. The zero-order valence-electron chi connectivity index (χ0n) is 13.0. The Labute approximate surface area is 140 Å². The van der Waals surface area contributed by atoms with E-state index in [0.717, 1.165) is 0 Å². The van der Waals surface area contributed by atoms with Gasteiger partial charge >= 0.3 is 5.97 Å². The van der Waals surface area contributed by atoms with Crippen LogP contribution in [0.25, 0.3) is 0 Å². The second kappa shape index (κ2) is 7.29. The summed E-state index contributed by atoms with van der Waals surface area (Å²) in [5.41, 5.74) is -1.15. The molecule has 7 nitrogen and oxygen atoms in total. The van der Waals surface area contributed by atoms with Crippen LogP contribution in [0, 0.1) is 5.41 Å². The predicted molar refractivity (Wildman–Crippen MR) is 85.7 cm³/mol. The fourth-order valence-corrected chi connectivity index (χ4v) is 2.83. The Kier molecular flexibility index (Phi) is 6.15. The van der Waals surface area contributed by atoms with Crippen LogP contribution in [0.3, 0.4) is 0 Å². The van der Waals surface area contributed by atoms with Gasteiger partial charge in [-0.05, 0) is 45.0 Å². The maximum Gasteiger partial charge on any atom is 0.310 e. The monoisotopic (exact) mass is 362 g/mol. The minimum absolute atomic E-state index is 0.0209. The Balaban J connectivity index is 2.71. The number of carbonyl (C=O) groups excluding carboxylic acids is 1. The van der Waals surface area contributed by atoms with Gasteiger partial charge in [-0.2, -0.15) is 4.72 Å². The van der Waals surface area contributed by atoms with E-state index >= 15 is 0 Å². The van der Waals surface area contributed by atoms with Crippen molar-refractivity contribution >= 4 is 33.5 Å². The van der Waals surface area contributed by atoms with Gasteiger partial charge in [0.2, 0.25) is 15.9 Å². The van der Waals surface area contributed by atoms with Crippen molar-refractivity contribution in [3.8, 4) is 0 Å². The van der Waals surface area contributed by atoms with Crippen LogP contribution in [-0.4, -0.2) is 38.0 Å². The van der Waals surface area contributed by atoms with Crippen LogP contribution in [-0.2, 0) is 19.6 Å². The van der Waals surface area contributed by atoms with E-state index in [1.165, 1.54) is 45.0 Å². The number of carbonyl (C=O) groups is 2. The molecule has 1 rings (SSSR count). The fourth-order valence-electron chi connectivity index (χ4n) is 1.50. The van der Waals surface area contributed by atoms with E-state index in [0.29, 0.717) is 5.02 Å². The van der Waals surface area contributed by atoms with Crippen LogP contribution < -0.4 is 10.0 Å². The van der Waals surface area contributed by atoms with Crippen molar-refractivity contribution in [2.24, 2.45) is 5.41 Å². The number of carboxylic acids is 1. The normalized spacial score (nSPS) is 13.4. The lowest BCUT2D eigenvalue weighted by Crippen LogP contribution is -2.48. The molecule has 1 amide bonds. The average molecular weight is 363 g/mol. The Morgan fingerprint density at radius 2 is 1.78 bits per heavy atom. The van der Waals surface area contributed by atoms with Crippen LogP contribution in [0.4, 0.5) is 0 Å². The van der Waals surface area contributed by atoms with Gasteiger partial charge in [0.25, 0.3) is 0 Å². The van der Waals surface area contributed by atoms with Gasteiger partial charge in [0.05, 0.1) is 16.4 Å². The van der Waals surface area contributed by atoms with Crippen molar-refractivity contribution in [3.05, 3.63) is 29.3 Å². The highest BCUT2D eigenvalue weighted by Crippen LogP contribution is 2.15. The van der Waals surface area contributed by atoms with Gasteiger partial charge in [-0.1, -0.05) is 11.6 Å². The molecule has 0 spiro atoms. The first kappa shape index (κ1) is 19.4. The van der Waals surface area contributed by atoms with E-state index < -0.39 is 33.4 Å². The SMILES string of the molecule is CC(NS(=O)(=O)c1ccc(Cl)cc1)C(=O)NCC(C)(C)C(=O)O. The Bertz CT molecular complexity index is 686.